The summed E-state index contributed by atoms with van der Waals surface area (Å²) in [5, 5.41) is 35.9. The molecule has 75 heavy (non-hydrogen) atoms. The van der Waals surface area contributed by atoms with Gasteiger partial charge in [-0.3, -0.25) is 28.3 Å². The van der Waals surface area contributed by atoms with Gasteiger partial charge < -0.3 is 31.5 Å². The number of carbonyl (C=O) groups is 4. The first-order valence-corrected chi connectivity index (χ1v) is 32.8. The van der Waals surface area contributed by atoms with Crippen molar-refractivity contribution in [1.82, 2.24) is 21.3 Å². The maximum atomic E-state index is 13.4. The van der Waals surface area contributed by atoms with Crippen molar-refractivity contribution in [3.63, 3.8) is 0 Å². The predicted molar refractivity (Wildman–Crippen MR) is 287 cm³/mol. The van der Waals surface area contributed by atoms with Crippen molar-refractivity contribution in [2.75, 3.05) is 24.6 Å². The van der Waals surface area contributed by atoms with Crippen LogP contribution >= 0.6 is 0 Å². The maximum Gasteiger partial charge on any atom is 0.266 e. The highest BCUT2D eigenvalue weighted by molar-refractivity contribution is 7.86. The Hall–Kier alpha value is -2.38. The average Bonchev–Trinajstić information content (AvgIpc) is 3.87. The summed E-state index contributed by atoms with van der Waals surface area (Å²) in [6, 6.07) is 0.118. The van der Waals surface area contributed by atoms with E-state index in [-0.39, 0.29) is 94.5 Å². The smallest absolute Gasteiger partial charge is 0.266 e. The zero-order chi connectivity index (χ0) is 54.5. The van der Waals surface area contributed by atoms with E-state index >= 15 is 0 Å². The Labute approximate surface area is 449 Å². The normalized spacial score (nSPS) is 42.0. The first-order valence-electron chi connectivity index (χ1n) is 29.5. The number of nitrogens with one attached hydrogen (secondary N) is 4. The third-order valence-electron chi connectivity index (χ3n) is 23.4. The number of hydrogen-bond acceptors (Lipinski definition) is 10. The summed E-state index contributed by atoms with van der Waals surface area (Å²) in [6.07, 6.45) is 18.2. The number of aliphatic hydroxyl groups is 2. The molecule has 4 amide bonds. The standard InChI is InChI=1S/C57H96N4O12S2/c1-34(10-16-48(64)58-26-28-74(68,69)70)40-12-14-42-52-44(20-24-56(40,42)5)54(3)22-18-38(30-36(54)32-46(52)62)60-50(66)8-7-9-51(67)61-39-19-23-55(4)37(31-39)33-47(63)53-43-15-13-41(57(43,6)25-21-45(53)55)35(2)11-17-49(65)59-27-29-75(71,72)73/h34-47,52-53,62-63H,7-33H2,1-6H3,(H,58,64)(H,59,65)(H,60,66)(H,61,67)(H,68,69,70)(H,71,72,73)/t34-,35-,36+,37+,38?,39?,40-,41-,42+,43+,44+,45+,46+,47+,52+,53+,54+,55+,56-,57-/m1/s1. The lowest BCUT2D eigenvalue weighted by molar-refractivity contribution is -0.167. The molecule has 0 aliphatic heterocycles. The lowest BCUT2D eigenvalue weighted by Crippen LogP contribution is -2.59. The molecule has 0 aromatic rings. The topological polar surface area (TPSA) is 266 Å². The Morgan fingerprint density at radius 1 is 0.493 bits per heavy atom. The highest BCUT2D eigenvalue weighted by atomic mass is 32.2. The Morgan fingerprint density at radius 2 is 0.853 bits per heavy atom. The van der Waals surface area contributed by atoms with E-state index in [2.05, 4.69) is 62.8 Å². The van der Waals surface area contributed by atoms with Crippen LogP contribution < -0.4 is 21.3 Å². The van der Waals surface area contributed by atoms with E-state index in [1.165, 1.54) is 0 Å². The fourth-order valence-electron chi connectivity index (χ4n) is 19.6. The first-order chi connectivity index (χ1) is 35.1. The molecule has 8 rings (SSSR count). The molecule has 18 heteroatoms. The second kappa shape index (κ2) is 23.0. The zero-order valence-electron chi connectivity index (χ0n) is 46.2. The number of rotatable bonds is 20. The fourth-order valence-corrected chi connectivity index (χ4v) is 20.3. The van der Waals surface area contributed by atoms with Crippen molar-refractivity contribution in [3.05, 3.63) is 0 Å². The molecule has 8 N–H and O–H groups in total. The number of amides is 4. The molecule has 428 valence electrons. The molecule has 0 aromatic heterocycles. The summed E-state index contributed by atoms with van der Waals surface area (Å²) in [5.74, 6) is 2.96. The van der Waals surface area contributed by atoms with Crippen molar-refractivity contribution < 1.29 is 55.3 Å². The number of hydrogen-bond donors (Lipinski definition) is 8. The van der Waals surface area contributed by atoms with Gasteiger partial charge in [-0.2, -0.15) is 16.8 Å². The minimum absolute atomic E-state index is 0.00882. The van der Waals surface area contributed by atoms with Crippen LogP contribution in [-0.2, 0) is 39.4 Å². The molecule has 0 saturated heterocycles. The lowest BCUT2D eigenvalue weighted by Gasteiger charge is -2.62. The Balaban J connectivity index is 0.748. The summed E-state index contributed by atoms with van der Waals surface area (Å²) in [6.45, 7) is 14.0. The molecule has 8 aliphatic rings. The van der Waals surface area contributed by atoms with Crippen LogP contribution in [0.4, 0.5) is 0 Å². The van der Waals surface area contributed by atoms with Crippen molar-refractivity contribution in [2.24, 2.45) is 92.7 Å². The molecule has 16 nitrogen and oxygen atoms in total. The van der Waals surface area contributed by atoms with Crippen LogP contribution in [0.3, 0.4) is 0 Å². The number of aliphatic hydroxyl groups excluding tert-OH is 2. The second-order valence-electron chi connectivity index (χ2n) is 27.3. The second-order valence-corrected chi connectivity index (χ2v) is 30.4. The van der Waals surface area contributed by atoms with Gasteiger partial charge in [0.1, 0.15) is 0 Å². The fraction of sp³-hybridized carbons (Fsp3) is 0.930. The summed E-state index contributed by atoms with van der Waals surface area (Å²) in [4.78, 5) is 51.8. The molecule has 8 aliphatic carbocycles. The summed E-state index contributed by atoms with van der Waals surface area (Å²) in [5.41, 5.74) is 0.377. The molecule has 0 bridgehead atoms. The monoisotopic (exact) mass is 1090 g/mol. The molecule has 0 radical (unpaired) electrons. The number of fused-ring (bicyclic) bond motifs is 10. The van der Waals surface area contributed by atoms with Crippen molar-refractivity contribution in [1.29, 1.82) is 0 Å². The summed E-state index contributed by atoms with van der Waals surface area (Å²) < 4.78 is 62.2. The van der Waals surface area contributed by atoms with Crippen molar-refractivity contribution in [3.8, 4) is 0 Å². The minimum atomic E-state index is -4.12. The largest absolute Gasteiger partial charge is 0.393 e. The Morgan fingerprint density at radius 3 is 1.23 bits per heavy atom. The van der Waals surface area contributed by atoms with E-state index in [1.807, 2.05) is 0 Å². The Bertz CT molecular complexity index is 2150. The third kappa shape index (κ3) is 12.7. The van der Waals surface area contributed by atoms with Gasteiger partial charge in [-0.15, -0.1) is 0 Å². The van der Waals surface area contributed by atoms with Gasteiger partial charge >= 0.3 is 0 Å². The highest BCUT2D eigenvalue weighted by Gasteiger charge is 2.65. The van der Waals surface area contributed by atoms with E-state index in [9.17, 15) is 46.2 Å². The van der Waals surface area contributed by atoms with Gasteiger partial charge in [0.05, 0.1) is 23.7 Å². The SMILES string of the molecule is C[C@H](CCC(=O)NCCS(=O)(=O)O)[C@H]1CC[C@H]2[C@@H]3[C@@H](O)C[C@@H]4CC(NC(=O)CCCC(=O)NC5CC[C@@]6(C)[C@@H](C5)C[C@H](O)[C@@H]5[C@@H]6CC[C@]6(C)[C@@H]([C@H](C)CCC(=O)NCCS(=O)(=O)O)CC[C@@H]56)CC[C@]4(C)[C@H]3CC[C@]12C. The van der Waals surface area contributed by atoms with Gasteiger partial charge in [0.25, 0.3) is 20.2 Å². The predicted octanol–water partition coefficient (Wildman–Crippen LogP) is 7.23. The molecular formula is C57H96N4O12S2. The van der Waals surface area contributed by atoms with E-state index in [4.69, 9.17) is 9.11 Å². The minimum Gasteiger partial charge on any atom is -0.393 e. The average molecular weight is 1090 g/mol. The van der Waals surface area contributed by atoms with Gasteiger partial charge in [-0.25, -0.2) is 0 Å². The van der Waals surface area contributed by atoms with Crippen LogP contribution in [0.15, 0.2) is 0 Å². The number of carbonyl (C=O) groups excluding carboxylic acids is 4. The van der Waals surface area contributed by atoms with E-state index < -0.39 is 31.7 Å². The summed E-state index contributed by atoms with van der Waals surface area (Å²) in [7, 11) is -8.25. The molecular weight excluding hydrogens is 997 g/mol. The highest BCUT2D eigenvalue weighted by Crippen LogP contribution is 2.70. The van der Waals surface area contributed by atoms with Gasteiger partial charge in [-0.1, -0.05) is 41.5 Å². The van der Waals surface area contributed by atoms with Gasteiger partial charge in [0.2, 0.25) is 23.6 Å². The molecule has 8 fully saturated rings. The van der Waals surface area contributed by atoms with Crippen LogP contribution in [0.2, 0.25) is 0 Å². The molecule has 0 heterocycles. The van der Waals surface area contributed by atoms with Gasteiger partial charge in [0.15, 0.2) is 0 Å². The lowest BCUT2D eigenvalue weighted by atomic mass is 9.43. The van der Waals surface area contributed by atoms with Crippen molar-refractivity contribution in [2.45, 2.75) is 214 Å². The molecule has 0 spiro atoms. The Kier molecular flexibility index (Phi) is 18.0. The maximum absolute atomic E-state index is 13.4. The summed E-state index contributed by atoms with van der Waals surface area (Å²) >= 11 is 0. The molecule has 0 aromatic carbocycles. The van der Waals surface area contributed by atoms with Crippen LogP contribution in [-0.4, -0.2) is 109 Å². The van der Waals surface area contributed by atoms with Crippen LogP contribution in [0.1, 0.15) is 189 Å². The van der Waals surface area contributed by atoms with Gasteiger partial charge in [0, 0.05) is 50.9 Å². The van der Waals surface area contributed by atoms with E-state index in [1.54, 1.807) is 0 Å². The van der Waals surface area contributed by atoms with E-state index in [0.717, 1.165) is 103 Å². The van der Waals surface area contributed by atoms with Crippen LogP contribution in [0.5, 0.6) is 0 Å². The quantitative estimate of drug-likeness (QED) is 0.0562. The molecule has 2 unspecified atom stereocenters. The molecule has 8 saturated carbocycles. The third-order valence-corrected chi connectivity index (χ3v) is 24.9. The zero-order valence-corrected chi connectivity index (χ0v) is 47.8. The van der Waals surface area contributed by atoms with Crippen LogP contribution in [0.25, 0.3) is 0 Å². The first kappa shape index (κ1) is 58.8. The van der Waals surface area contributed by atoms with Gasteiger partial charge in [-0.05, 0) is 215 Å². The van der Waals surface area contributed by atoms with Crippen molar-refractivity contribution >= 4 is 43.9 Å². The van der Waals surface area contributed by atoms with Crippen LogP contribution in [0, 0.1) is 92.7 Å². The molecule has 20 atom stereocenters. The van der Waals surface area contributed by atoms with E-state index in [0.29, 0.717) is 104 Å².